The summed E-state index contributed by atoms with van der Waals surface area (Å²) in [5, 5.41) is 17.9. The third kappa shape index (κ3) is 3.43. The van der Waals surface area contributed by atoms with Crippen LogP contribution in [0.1, 0.15) is 12.8 Å². The highest BCUT2D eigenvalue weighted by atomic mass is 16.6. The van der Waals surface area contributed by atoms with Crippen molar-refractivity contribution < 1.29 is 14.4 Å². The monoisotopic (exact) mass is 295 g/mol. The second-order valence-electron chi connectivity index (χ2n) is 5.21. The fourth-order valence-corrected chi connectivity index (χ4v) is 2.75. The Kier molecular flexibility index (Phi) is 4.98. The molecule has 7 nitrogen and oxygen atoms in total. The number of nitrogens with one attached hydrogen (secondary N) is 2. The predicted octanol–water partition coefficient (Wildman–Crippen LogP) is 1.78. The van der Waals surface area contributed by atoms with E-state index in [1.54, 1.807) is 25.3 Å². The first-order valence-electron chi connectivity index (χ1n) is 6.91. The van der Waals surface area contributed by atoms with E-state index < -0.39 is 4.92 Å². The van der Waals surface area contributed by atoms with E-state index in [0.717, 1.165) is 19.4 Å². The van der Waals surface area contributed by atoms with Crippen molar-refractivity contribution in [2.24, 2.45) is 0 Å². The van der Waals surface area contributed by atoms with Gasteiger partial charge in [0.15, 0.2) is 5.75 Å². The van der Waals surface area contributed by atoms with E-state index in [9.17, 15) is 10.1 Å². The Labute approximate surface area is 123 Å². The number of methoxy groups -OCH3 is 2. The summed E-state index contributed by atoms with van der Waals surface area (Å²) in [5.74, 6) is 0.255. The molecule has 0 amide bonds. The number of hydrogen-bond acceptors (Lipinski definition) is 6. The molecule has 1 aromatic rings. The van der Waals surface area contributed by atoms with Crippen molar-refractivity contribution in [2.45, 2.75) is 18.4 Å². The van der Waals surface area contributed by atoms with Crippen LogP contribution in [0.4, 0.5) is 11.4 Å². The standard InChI is InChI=1S/C14H21N3O4/c1-20-10-14(7-4-8-16-14)9-15-11-5-3-6-12(21-2)13(11)17(18)19/h3,5-6,15-16H,4,7-10H2,1-2H3. The molecule has 1 aromatic carbocycles. The zero-order valence-electron chi connectivity index (χ0n) is 12.3. The number of hydrogen-bond donors (Lipinski definition) is 2. The summed E-state index contributed by atoms with van der Waals surface area (Å²) in [6, 6.07) is 5.01. The van der Waals surface area contributed by atoms with Crippen LogP contribution in [-0.2, 0) is 4.74 Å². The molecule has 2 rings (SSSR count). The minimum absolute atomic E-state index is 0.0365. The SMILES string of the molecule is COCC1(CNc2cccc(OC)c2[N+](=O)[O-])CCCN1. The normalized spacial score (nSPS) is 21.2. The quantitative estimate of drug-likeness (QED) is 0.589. The number of nitro benzene ring substituents is 1. The number of anilines is 1. The number of benzene rings is 1. The minimum atomic E-state index is -0.424. The van der Waals surface area contributed by atoms with Gasteiger partial charge < -0.3 is 20.1 Å². The van der Waals surface area contributed by atoms with Crippen molar-refractivity contribution in [1.29, 1.82) is 0 Å². The number of nitrogens with zero attached hydrogens (tertiary/aromatic N) is 1. The van der Waals surface area contributed by atoms with Crippen LogP contribution in [0.3, 0.4) is 0 Å². The molecule has 1 saturated heterocycles. The highest BCUT2D eigenvalue weighted by Crippen LogP contribution is 2.35. The molecule has 0 aromatic heterocycles. The lowest BCUT2D eigenvalue weighted by Crippen LogP contribution is -2.49. The van der Waals surface area contributed by atoms with Crippen molar-refractivity contribution in [2.75, 3.05) is 39.2 Å². The van der Waals surface area contributed by atoms with E-state index in [1.807, 2.05) is 0 Å². The molecule has 0 bridgehead atoms. The molecular weight excluding hydrogens is 274 g/mol. The van der Waals surface area contributed by atoms with Crippen LogP contribution in [0.15, 0.2) is 18.2 Å². The Morgan fingerprint density at radius 3 is 2.86 bits per heavy atom. The van der Waals surface area contributed by atoms with Crippen LogP contribution in [0.5, 0.6) is 5.75 Å². The van der Waals surface area contributed by atoms with Gasteiger partial charge in [-0.1, -0.05) is 6.07 Å². The molecular formula is C14H21N3O4. The van der Waals surface area contributed by atoms with E-state index in [4.69, 9.17) is 9.47 Å². The van der Waals surface area contributed by atoms with Crippen LogP contribution in [-0.4, -0.2) is 44.4 Å². The zero-order chi connectivity index (χ0) is 15.3. The molecule has 1 unspecified atom stereocenters. The highest BCUT2D eigenvalue weighted by Gasteiger charge is 2.34. The second kappa shape index (κ2) is 6.73. The Hall–Kier alpha value is -1.86. The van der Waals surface area contributed by atoms with Crippen molar-refractivity contribution in [3.05, 3.63) is 28.3 Å². The predicted molar refractivity (Wildman–Crippen MR) is 80.0 cm³/mol. The van der Waals surface area contributed by atoms with Gasteiger partial charge in [-0.25, -0.2) is 0 Å². The largest absolute Gasteiger partial charge is 0.490 e. The minimum Gasteiger partial charge on any atom is -0.490 e. The Morgan fingerprint density at radius 2 is 2.29 bits per heavy atom. The maximum atomic E-state index is 11.2. The summed E-state index contributed by atoms with van der Waals surface area (Å²) in [6.45, 7) is 2.07. The Balaban J connectivity index is 2.17. The average Bonchev–Trinajstić information content (AvgIpc) is 2.93. The van der Waals surface area contributed by atoms with Crippen LogP contribution in [0.25, 0.3) is 0 Å². The van der Waals surface area contributed by atoms with Gasteiger partial charge in [-0.15, -0.1) is 0 Å². The van der Waals surface area contributed by atoms with Crippen molar-refractivity contribution in [3.63, 3.8) is 0 Å². The second-order valence-corrected chi connectivity index (χ2v) is 5.21. The first kappa shape index (κ1) is 15.5. The highest BCUT2D eigenvalue weighted by molar-refractivity contribution is 5.68. The Bertz CT molecular complexity index is 501. The van der Waals surface area contributed by atoms with Crippen molar-refractivity contribution in [3.8, 4) is 5.75 Å². The molecule has 0 aliphatic carbocycles. The molecule has 0 radical (unpaired) electrons. The fraction of sp³-hybridized carbons (Fsp3) is 0.571. The van der Waals surface area contributed by atoms with E-state index in [0.29, 0.717) is 18.8 Å². The lowest BCUT2D eigenvalue weighted by molar-refractivity contribution is -0.384. The van der Waals surface area contributed by atoms with E-state index in [-0.39, 0.29) is 17.0 Å². The topological polar surface area (TPSA) is 85.7 Å². The maximum Gasteiger partial charge on any atom is 0.333 e. The van der Waals surface area contributed by atoms with Gasteiger partial charge in [-0.05, 0) is 31.5 Å². The van der Waals surface area contributed by atoms with Gasteiger partial charge in [-0.3, -0.25) is 10.1 Å². The lowest BCUT2D eigenvalue weighted by Gasteiger charge is -2.29. The van der Waals surface area contributed by atoms with Gasteiger partial charge in [0.05, 0.1) is 24.2 Å². The number of para-hydroxylation sites is 1. The number of rotatable bonds is 7. The number of ether oxygens (including phenoxy) is 2. The molecule has 1 aliphatic heterocycles. The van der Waals surface area contributed by atoms with Gasteiger partial charge >= 0.3 is 5.69 Å². The van der Waals surface area contributed by atoms with E-state index in [1.165, 1.54) is 7.11 Å². The smallest absolute Gasteiger partial charge is 0.333 e. The van der Waals surface area contributed by atoms with Gasteiger partial charge in [0, 0.05) is 13.7 Å². The molecule has 1 atom stereocenters. The Morgan fingerprint density at radius 1 is 1.48 bits per heavy atom. The van der Waals surface area contributed by atoms with Gasteiger partial charge in [0.25, 0.3) is 0 Å². The molecule has 116 valence electrons. The maximum absolute atomic E-state index is 11.2. The first-order chi connectivity index (χ1) is 10.1. The zero-order valence-corrected chi connectivity index (χ0v) is 12.3. The fourth-order valence-electron chi connectivity index (χ4n) is 2.75. The van der Waals surface area contributed by atoms with E-state index in [2.05, 4.69) is 10.6 Å². The van der Waals surface area contributed by atoms with Gasteiger partial charge in [0.2, 0.25) is 0 Å². The van der Waals surface area contributed by atoms with Gasteiger partial charge in [0.1, 0.15) is 5.69 Å². The molecule has 0 spiro atoms. The van der Waals surface area contributed by atoms with Crippen LogP contribution in [0.2, 0.25) is 0 Å². The first-order valence-corrected chi connectivity index (χ1v) is 6.91. The molecule has 1 fully saturated rings. The molecule has 0 saturated carbocycles. The van der Waals surface area contributed by atoms with Gasteiger partial charge in [-0.2, -0.15) is 0 Å². The third-order valence-corrected chi connectivity index (χ3v) is 3.77. The molecule has 2 N–H and O–H groups in total. The average molecular weight is 295 g/mol. The molecule has 7 heteroatoms. The van der Waals surface area contributed by atoms with E-state index >= 15 is 0 Å². The van der Waals surface area contributed by atoms with Crippen LogP contribution >= 0.6 is 0 Å². The molecule has 1 heterocycles. The summed E-state index contributed by atoms with van der Waals surface area (Å²) < 4.78 is 10.3. The summed E-state index contributed by atoms with van der Waals surface area (Å²) in [4.78, 5) is 10.8. The summed E-state index contributed by atoms with van der Waals surface area (Å²) in [6.07, 6.45) is 2.05. The lowest BCUT2D eigenvalue weighted by atomic mass is 9.98. The number of nitro groups is 1. The summed E-state index contributed by atoms with van der Waals surface area (Å²) >= 11 is 0. The summed E-state index contributed by atoms with van der Waals surface area (Å²) in [5.41, 5.74) is 0.250. The molecule has 1 aliphatic rings. The van der Waals surface area contributed by atoms with Crippen molar-refractivity contribution in [1.82, 2.24) is 5.32 Å². The van der Waals surface area contributed by atoms with Crippen LogP contribution < -0.4 is 15.4 Å². The molecule has 21 heavy (non-hydrogen) atoms. The summed E-state index contributed by atoms with van der Waals surface area (Å²) in [7, 11) is 3.09. The van der Waals surface area contributed by atoms with Crippen LogP contribution in [0, 0.1) is 10.1 Å². The third-order valence-electron chi connectivity index (χ3n) is 3.77. The van der Waals surface area contributed by atoms with Crippen molar-refractivity contribution >= 4 is 11.4 Å².